The average molecular weight is 253 g/mol. The Labute approximate surface area is 101 Å². The van der Waals surface area contributed by atoms with Gasteiger partial charge >= 0.3 is 0 Å². The molecule has 1 aliphatic rings. The van der Waals surface area contributed by atoms with Gasteiger partial charge in [-0.1, -0.05) is 18.2 Å². The minimum atomic E-state index is -2.90. The molecular formula is C11H15N3O2S. The first-order chi connectivity index (χ1) is 8.05. The van der Waals surface area contributed by atoms with Gasteiger partial charge in [0, 0.05) is 5.69 Å². The highest BCUT2D eigenvalue weighted by molar-refractivity contribution is 7.91. The summed E-state index contributed by atoms with van der Waals surface area (Å²) >= 11 is 0. The number of nitrogens with two attached hydrogens (primary N) is 1. The Balaban J connectivity index is 1.99. The number of aliphatic imine (C=N–C) groups is 1. The predicted molar refractivity (Wildman–Crippen MR) is 68.7 cm³/mol. The van der Waals surface area contributed by atoms with Crippen LogP contribution in [0.15, 0.2) is 35.3 Å². The Kier molecular flexibility index (Phi) is 3.33. The number of hydrogen-bond acceptors (Lipinski definition) is 3. The first kappa shape index (κ1) is 11.9. The number of benzene rings is 1. The lowest BCUT2D eigenvalue weighted by atomic mass is 10.3. The van der Waals surface area contributed by atoms with E-state index in [1.807, 2.05) is 30.3 Å². The van der Waals surface area contributed by atoms with E-state index >= 15 is 0 Å². The van der Waals surface area contributed by atoms with E-state index in [1.54, 1.807) is 0 Å². The number of nitrogens with one attached hydrogen (secondary N) is 1. The maximum Gasteiger partial charge on any atom is 0.193 e. The molecule has 1 unspecified atom stereocenters. The van der Waals surface area contributed by atoms with E-state index < -0.39 is 9.84 Å². The highest BCUT2D eigenvalue weighted by Gasteiger charge is 2.27. The van der Waals surface area contributed by atoms with Gasteiger partial charge in [-0.25, -0.2) is 13.4 Å². The number of anilines is 1. The Morgan fingerprint density at radius 1 is 1.35 bits per heavy atom. The van der Waals surface area contributed by atoms with Crippen LogP contribution in [-0.4, -0.2) is 31.9 Å². The highest BCUT2D eigenvalue weighted by Crippen LogP contribution is 2.14. The van der Waals surface area contributed by atoms with Gasteiger partial charge in [-0.2, -0.15) is 0 Å². The van der Waals surface area contributed by atoms with Gasteiger partial charge in [0.25, 0.3) is 0 Å². The number of nitrogens with zero attached hydrogens (tertiary/aromatic N) is 1. The molecule has 0 aromatic heterocycles. The van der Waals surface area contributed by atoms with Crippen LogP contribution in [0.4, 0.5) is 5.69 Å². The molecule has 1 aromatic rings. The molecule has 1 aromatic carbocycles. The van der Waals surface area contributed by atoms with Crippen molar-refractivity contribution in [1.82, 2.24) is 0 Å². The number of sulfone groups is 1. The Morgan fingerprint density at radius 2 is 2.06 bits per heavy atom. The normalized spacial score (nSPS) is 23.5. The summed E-state index contributed by atoms with van der Waals surface area (Å²) in [5.41, 5.74) is 6.56. The summed E-state index contributed by atoms with van der Waals surface area (Å²) in [7, 11) is -2.90. The van der Waals surface area contributed by atoms with Gasteiger partial charge in [-0.3, -0.25) is 0 Å². The fraction of sp³-hybridized carbons (Fsp3) is 0.364. The Morgan fingerprint density at radius 3 is 2.65 bits per heavy atom. The summed E-state index contributed by atoms with van der Waals surface area (Å²) in [5, 5.41) is 2.93. The van der Waals surface area contributed by atoms with Crippen molar-refractivity contribution in [2.45, 2.75) is 12.5 Å². The summed E-state index contributed by atoms with van der Waals surface area (Å²) in [4.78, 5) is 4.17. The molecular weight excluding hydrogens is 238 g/mol. The van der Waals surface area contributed by atoms with Gasteiger partial charge in [0.1, 0.15) is 0 Å². The Hall–Kier alpha value is -1.56. The van der Waals surface area contributed by atoms with Crippen molar-refractivity contribution in [3.05, 3.63) is 30.3 Å². The zero-order valence-electron chi connectivity index (χ0n) is 9.33. The molecule has 0 saturated carbocycles. The molecule has 0 spiro atoms. The van der Waals surface area contributed by atoms with Crippen molar-refractivity contribution in [2.75, 3.05) is 16.8 Å². The van der Waals surface area contributed by atoms with Gasteiger partial charge in [0.05, 0.1) is 17.5 Å². The van der Waals surface area contributed by atoms with Crippen LogP contribution >= 0.6 is 0 Å². The van der Waals surface area contributed by atoms with Crippen LogP contribution < -0.4 is 11.1 Å². The smallest absolute Gasteiger partial charge is 0.193 e. The maximum absolute atomic E-state index is 11.3. The molecule has 1 fully saturated rings. The van der Waals surface area contributed by atoms with Crippen LogP contribution in [0.2, 0.25) is 0 Å². The van der Waals surface area contributed by atoms with Gasteiger partial charge in [-0.15, -0.1) is 0 Å². The summed E-state index contributed by atoms with van der Waals surface area (Å²) in [6.07, 6.45) is 0.555. The summed E-state index contributed by atoms with van der Waals surface area (Å²) in [5.74, 6) is 0.572. The maximum atomic E-state index is 11.3. The number of para-hydroxylation sites is 1. The first-order valence-corrected chi connectivity index (χ1v) is 7.23. The van der Waals surface area contributed by atoms with E-state index in [4.69, 9.17) is 5.73 Å². The molecule has 17 heavy (non-hydrogen) atoms. The van der Waals surface area contributed by atoms with Gasteiger partial charge in [0.15, 0.2) is 15.8 Å². The lowest BCUT2D eigenvalue weighted by Crippen LogP contribution is -2.25. The average Bonchev–Trinajstić information content (AvgIpc) is 2.59. The zero-order chi connectivity index (χ0) is 12.3. The second kappa shape index (κ2) is 4.75. The van der Waals surface area contributed by atoms with Crippen LogP contribution in [0.3, 0.4) is 0 Å². The van der Waals surface area contributed by atoms with Crippen molar-refractivity contribution in [2.24, 2.45) is 10.7 Å². The van der Waals surface area contributed by atoms with Crippen molar-refractivity contribution < 1.29 is 8.42 Å². The van der Waals surface area contributed by atoms with Crippen molar-refractivity contribution in [3.8, 4) is 0 Å². The molecule has 92 valence electrons. The molecule has 3 N–H and O–H groups in total. The third kappa shape index (κ3) is 3.45. The number of hydrogen-bond donors (Lipinski definition) is 2. The topological polar surface area (TPSA) is 84.5 Å². The predicted octanol–water partition coefficient (Wildman–Crippen LogP) is 0.600. The van der Waals surface area contributed by atoms with Gasteiger partial charge < -0.3 is 11.1 Å². The minimum Gasteiger partial charge on any atom is -0.370 e. The zero-order valence-corrected chi connectivity index (χ0v) is 10.2. The van der Waals surface area contributed by atoms with Crippen molar-refractivity contribution >= 4 is 21.5 Å². The second-order valence-electron chi connectivity index (χ2n) is 4.06. The van der Waals surface area contributed by atoms with Gasteiger partial charge in [-0.05, 0) is 18.6 Å². The van der Waals surface area contributed by atoms with Crippen LogP contribution in [-0.2, 0) is 9.84 Å². The summed E-state index contributed by atoms with van der Waals surface area (Å²) in [6.45, 7) is 0. The lowest BCUT2D eigenvalue weighted by Gasteiger charge is -2.07. The van der Waals surface area contributed by atoms with E-state index in [9.17, 15) is 8.42 Å². The van der Waals surface area contributed by atoms with E-state index in [2.05, 4.69) is 10.3 Å². The van der Waals surface area contributed by atoms with E-state index in [-0.39, 0.29) is 23.5 Å². The summed E-state index contributed by atoms with van der Waals surface area (Å²) < 4.78 is 22.5. The molecule has 6 heteroatoms. The molecule has 0 aliphatic carbocycles. The third-order valence-corrected chi connectivity index (χ3v) is 4.33. The number of rotatable bonds is 2. The molecule has 0 radical (unpaired) electrons. The van der Waals surface area contributed by atoms with Crippen LogP contribution in [0.25, 0.3) is 0 Å². The van der Waals surface area contributed by atoms with Crippen molar-refractivity contribution in [3.63, 3.8) is 0 Å². The van der Waals surface area contributed by atoms with Crippen LogP contribution in [0.5, 0.6) is 0 Å². The van der Waals surface area contributed by atoms with E-state index in [1.165, 1.54) is 0 Å². The standard InChI is InChI=1S/C11H15N3O2S/c12-11(13-9-4-2-1-3-5-9)14-10-6-7-17(15,16)8-10/h1-5,10H,6-8H2,(H3,12,13,14). The largest absolute Gasteiger partial charge is 0.370 e. The molecule has 5 nitrogen and oxygen atoms in total. The molecule has 0 bridgehead atoms. The fourth-order valence-corrected chi connectivity index (χ4v) is 3.40. The van der Waals surface area contributed by atoms with E-state index in [0.717, 1.165) is 5.69 Å². The molecule has 1 saturated heterocycles. The molecule has 1 atom stereocenters. The highest BCUT2D eigenvalue weighted by atomic mass is 32.2. The third-order valence-electron chi connectivity index (χ3n) is 2.58. The summed E-state index contributed by atoms with van der Waals surface area (Å²) in [6, 6.07) is 9.20. The lowest BCUT2D eigenvalue weighted by molar-refractivity contribution is 0.601. The molecule has 0 amide bonds. The monoisotopic (exact) mass is 253 g/mol. The van der Waals surface area contributed by atoms with E-state index in [0.29, 0.717) is 6.42 Å². The molecule has 2 rings (SSSR count). The Bertz CT molecular complexity index is 511. The van der Waals surface area contributed by atoms with Gasteiger partial charge in [0.2, 0.25) is 0 Å². The molecule has 1 aliphatic heterocycles. The molecule has 1 heterocycles. The fourth-order valence-electron chi connectivity index (χ4n) is 1.78. The minimum absolute atomic E-state index is 0.101. The van der Waals surface area contributed by atoms with Crippen LogP contribution in [0.1, 0.15) is 6.42 Å². The van der Waals surface area contributed by atoms with Crippen molar-refractivity contribution in [1.29, 1.82) is 0 Å². The second-order valence-corrected chi connectivity index (χ2v) is 6.29. The first-order valence-electron chi connectivity index (χ1n) is 5.41. The SMILES string of the molecule is NC(=NC1CCS(=O)(=O)C1)Nc1ccccc1. The quantitative estimate of drug-likeness (QED) is 0.597. The van der Waals surface area contributed by atoms with Crippen LogP contribution in [0, 0.1) is 0 Å². The number of guanidine groups is 1.